The highest BCUT2D eigenvalue weighted by Gasteiger charge is 2.46. The molecule has 0 aliphatic carbocycles. The highest BCUT2D eigenvalue weighted by atomic mass is 16.5. The molecule has 0 bridgehead atoms. The Hall–Kier alpha value is -3.36. The van der Waals surface area contributed by atoms with Gasteiger partial charge in [0.25, 0.3) is 11.7 Å². The molecule has 0 radical (unpaired) electrons. The van der Waals surface area contributed by atoms with Crippen molar-refractivity contribution in [2.24, 2.45) is 0 Å². The Balaban J connectivity index is 1.48. The summed E-state index contributed by atoms with van der Waals surface area (Å²) in [5.41, 5.74) is 2.35. The average Bonchev–Trinajstić information content (AvgIpc) is 3.40. The number of Topliss-reactive ketones (excluding diaryl/α,β-unsaturated/α-hetero) is 1. The van der Waals surface area contributed by atoms with E-state index < -0.39 is 17.7 Å². The summed E-state index contributed by atoms with van der Waals surface area (Å²) in [7, 11) is 1.59. The molecule has 2 aromatic rings. The predicted molar refractivity (Wildman–Crippen MR) is 134 cm³/mol. The first-order valence-electron chi connectivity index (χ1n) is 12.5. The Kier molecular flexibility index (Phi) is 6.98. The molecule has 3 heterocycles. The van der Waals surface area contributed by atoms with Crippen molar-refractivity contribution in [1.82, 2.24) is 9.80 Å². The monoisotopic (exact) mass is 492 g/mol. The van der Waals surface area contributed by atoms with E-state index in [1.807, 2.05) is 31.2 Å². The van der Waals surface area contributed by atoms with Gasteiger partial charge in [0.05, 0.1) is 31.9 Å². The van der Waals surface area contributed by atoms with Crippen LogP contribution in [0.2, 0.25) is 0 Å². The van der Waals surface area contributed by atoms with Crippen LogP contribution in [0.15, 0.2) is 48.0 Å². The van der Waals surface area contributed by atoms with Crippen LogP contribution < -0.4 is 9.47 Å². The Labute approximate surface area is 211 Å². The molecule has 5 rings (SSSR count). The lowest BCUT2D eigenvalue weighted by Crippen LogP contribution is -2.38. The number of carbonyl (C=O) groups is 2. The normalized spacial score (nSPS) is 23.6. The van der Waals surface area contributed by atoms with Crippen molar-refractivity contribution in [2.75, 3.05) is 46.5 Å². The second kappa shape index (κ2) is 10.3. The first-order valence-corrected chi connectivity index (χ1v) is 12.5. The quantitative estimate of drug-likeness (QED) is 0.361. The number of ketones is 1. The second-order valence-corrected chi connectivity index (χ2v) is 9.53. The summed E-state index contributed by atoms with van der Waals surface area (Å²) in [5, 5.41) is 11.4. The van der Waals surface area contributed by atoms with Crippen LogP contribution in [0.4, 0.5) is 0 Å². The summed E-state index contributed by atoms with van der Waals surface area (Å²) in [6.45, 7) is 6.35. The third kappa shape index (κ3) is 4.70. The maximum absolute atomic E-state index is 13.3. The molecule has 190 valence electrons. The zero-order chi connectivity index (χ0) is 25.2. The van der Waals surface area contributed by atoms with E-state index in [1.54, 1.807) is 30.2 Å². The van der Waals surface area contributed by atoms with Gasteiger partial charge in [-0.1, -0.05) is 12.1 Å². The van der Waals surface area contributed by atoms with Crippen molar-refractivity contribution in [3.05, 3.63) is 64.7 Å². The third-order valence-corrected chi connectivity index (χ3v) is 7.12. The Morgan fingerprint density at radius 2 is 1.83 bits per heavy atom. The molecule has 0 unspecified atom stereocenters. The van der Waals surface area contributed by atoms with Crippen molar-refractivity contribution in [3.63, 3.8) is 0 Å². The molecule has 2 aromatic carbocycles. The Morgan fingerprint density at radius 1 is 1.08 bits per heavy atom. The molecule has 1 N–H and O–H groups in total. The molecule has 1 amide bonds. The van der Waals surface area contributed by atoms with Crippen LogP contribution in [0.3, 0.4) is 0 Å². The molecule has 0 spiro atoms. The topological polar surface area (TPSA) is 88.5 Å². The van der Waals surface area contributed by atoms with Crippen molar-refractivity contribution in [3.8, 4) is 11.5 Å². The lowest BCUT2D eigenvalue weighted by atomic mass is 9.94. The van der Waals surface area contributed by atoms with Crippen LogP contribution in [0.5, 0.6) is 11.5 Å². The summed E-state index contributed by atoms with van der Waals surface area (Å²) in [6.07, 6.45) is 1.51. The number of morpholine rings is 1. The SMILES string of the molecule is COc1ccc([C@H]2C(=C(O)c3ccc4c(c3)C[C@H](C)O4)C(=O)C(=O)N2CCCN2CCOCC2)cc1. The molecule has 3 aliphatic rings. The number of benzene rings is 2. The number of hydrogen-bond acceptors (Lipinski definition) is 7. The number of hydrogen-bond donors (Lipinski definition) is 1. The van der Waals surface area contributed by atoms with Crippen LogP contribution in [-0.2, 0) is 20.7 Å². The summed E-state index contributed by atoms with van der Waals surface area (Å²) in [5.74, 6) is 0.0551. The van der Waals surface area contributed by atoms with Crippen LogP contribution in [0.1, 0.15) is 36.1 Å². The first-order chi connectivity index (χ1) is 17.5. The summed E-state index contributed by atoms with van der Waals surface area (Å²) in [6, 6.07) is 12.0. The van der Waals surface area contributed by atoms with Gasteiger partial charge in [-0.25, -0.2) is 0 Å². The highest BCUT2D eigenvalue weighted by molar-refractivity contribution is 6.46. The maximum atomic E-state index is 13.3. The second-order valence-electron chi connectivity index (χ2n) is 9.53. The maximum Gasteiger partial charge on any atom is 0.295 e. The Bertz CT molecular complexity index is 1170. The molecule has 3 aliphatic heterocycles. The lowest BCUT2D eigenvalue weighted by Gasteiger charge is -2.29. The Morgan fingerprint density at radius 3 is 2.56 bits per heavy atom. The van der Waals surface area contributed by atoms with E-state index in [0.29, 0.717) is 37.5 Å². The number of methoxy groups -OCH3 is 1. The number of likely N-dealkylation sites (tertiary alicyclic amines) is 1. The summed E-state index contributed by atoms with van der Waals surface area (Å²) in [4.78, 5) is 30.4. The van der Waals surface area contributed by atoms with Crippen LogP contribution in [0.25, 0.3) is 5.76 Å². The van der Waals surface area contributed by atoms with Gasteiger partial charge < -0.3 is 24.2 Å². The van der Waals surface area contributed by atoms with Gasteiger partial charge >= 0.3 is 0 Å². The van der Waals surface area contributed by atoms with E-state index in [1.165, 1.54) is 0 Å². The number of rotatable bonds is 7. The van der Waals surface area contributed by atoms with Crippen LogP contribution in [-0.4, -0.2) is 79.2 Å². The van der Waals surface area contributed by atoms with Gasteiger partial charge in [-0.2, -0.15) is 0 Å². The van der Waals surface area contributed by atoms with Crippen LogP contribution >= 0.6 is 0 Å². The summed E-state index contributed by atoms with van der Waals surface area (Å²) >= 11 is 0. The number of ether oxygens (including phenoxy) is 3. The molecule has 8 heteroatoms. The van der Waals surface area contributed by atoms with E-state index in [4.69, 9.17) is 14.2 Å². The molecule has 8 nitrogen and oxygen atoms in total. The largest absolute Gasteiger partial charge is 0.507 e. The van der Waals surface area contributed by atoms with Crippen molar-refractivity contribution >= 4 is 17.4 Å². The van der Waals surface area contributed by atoms with Gasteiger partial charge in [-0.15, -0.1) is 0 Å². The van der Waals surface area contributed by atoms with E-state index in [2.05, 4.69) is 4.90 Å². The number of carbonyl (C=O) groups excluding carboxylic acids is 2. The van der Waals surface area contributed by atoms with Gasteiger partial charge in [0.2, 0.25) is 0 Å². The van der Waals surface area contributed by atoms with E-state index in [9.17, 15) is 14.7 Å². The lowest BCUT2D eigenvalue weighted by molar-refractivity contribution is -0.140. The van der Waals surface area contributed by atoms with E-state index >= 15 is 0 Å². The van der Waals surface area contributed by atoms with E-state index in [-0.39, 0.29) is 17.4 Å². The molecule has 0 saturated carbocycles. The molecular formula is C28H32N2O6. The minimum atomic E-state index is -0.677. The molecule has 36 heavy (non-hydrogen) atoms. The molecule has 0 aromatic heterocycles. The third-order valence-electron chi connectivity index (χ3n) is 7.12. The van der Waals surface area contributed by atoms with Gasteiger partial charge in [-0.3, -0.25) is 14.5 Å². The van der Waals surface area contributed by atoms with Crippen molar-refractivity contribution < 1.29 is 28.9 Å². The number of aliphatic hydroxyl groups is 1. The number of fused-ring (bicyclic) bond motifs is 1. The smallest absolute Gasteiger partial charge is 0.295 e. The fourth-order valence-electron chi connectivity index (χ4n) is 5.26. The minimum absolute atomic E-state index is 0.0636. The molecule has 2 fully saturated rings. The summed E-state index contributed by atoms with van der Waals surface area (Å²) < 4.78 is 16.5. The van der Waals surface area contributed by atoms with Gasteiger partial charge in [0.15, 0.2) is 0 Å². The number of amides is 1. The highest BCUT2D eigenvalue weighted by Crippen LogP contribution is 2.41. The van der Waals surface area contributed by atoms with Crippen molar-refractivity contribution in [2.45, 2.75) is 31.9 Å². The minimum Gasteiger partial charge on any atom is -0.507 e. The molecular weight excluding hydrogens is 460 g/mol. The van der Waals surface area contributed by atoms with Crippen LogP contribution in [0, 0.1) is 0 Å². The van der Waals surface area contributed by atoms with E-state index in [0.717, 1.165) is 42.9 Å². The van der Waals surface area contributed by atoms with Gasteiger partial charge in [0.1, 0.15) is 23.4 Å². The molecule has 2 atom stereocenters. The number of aliphatic hydroxyl groups excluding tert-OH is 1. The fourth-order valence-corrected chi connectivity index (χ4v) is 5.26. The van der Waals surface area contributed by atoms with Crippen molar-refractivity contribution in [1.29, 1.82) is 0 Å². The standard InChI is InChI=1S/C28H32N2O6/c1-18-16-21-17-20(6-9-23(21)36-18)26(31)24-25(19-4-7-22(34-2)8-5-19)30(28(33)27(24)32)11-3-10-29-12-14-35-15-13-29/h4-9,17-18,25,31H,3,10-16H2,1-2H3/t18-,25-/m0/s1. The van der Waals surface area contributed by atoms with Gasteiger partial charge in [0, 0.05) is 38.2 Å². The van der Waals surface area contributed by atoms with Gasteiger partial charge in [-0.05, 0) is 54.8 Å². The zero-order valence-corrected chi connectivity index (χ0v) is 20.7. The first kappa shape index (κ1) is 24.3. The average molecular weight is 493 g/mol. The predicted octanol–water partition coefficient (Wildman–Crippen LogP) is 3.16. The molecule has 2 saturated heterocycles. The number of nitrogens with zero attached hydrogens (tertiary/aromatic N) is 2. The zero-order valence-electron chi connectivity index (χ0n) is 20.7. The fraction of sp³-hybridized carbons (Fsp3) is 0.429.